The van der Waals surface area contributed by atoms with Crippen LogP contribution in [0.4, 0.5) is 18.9 Å². The summed E-state index contributed by atoms with van der Waals surface area (Å²) in [5, 5.41) is 3.12. The van der Waals surface area contributed by atoms with Crippen LogP contribution in [0.3, 0.4) is 0 Å². The lowest BCUT2D eigenvalue weighted by molar-refractivity contribution is -0.141. The topological polar surface area (TPSA) is 52.0 Å². The van der Waals surface area contributed by atoms with Gasteiger partial charge in [0.2, 0.25) is 0 Å². The summed E-state index contributed by atoms with van der Waals surface area (Å²) in [6.07, 6.45) is 0.677. The number of hydrogen-bond donors (Lipinski definition) is 1. The third-order valence-corrected chi connectivity index (χ3v) is 3.84. The van der Waals surface area contributed by atoms with Gasteiger partial charge in [0.25, 0.3) is 0 Å². The molecule has 3 rings (SSSR count). The largest absolute Gasteiger partial charge is 0.433 e. The van der Waals surface area contributed by atoms with E-state index in [1.54, 1.807) is 6.20 Å². The maximum atomic E-state index is 12.8. The smallest absolute Gasteiger partial charge is 0.379 e. The van der Waals surface area contributed by atoms with Crippen molar-refractivity contribution >= 4 is 5.69 Å². The van der Waals surface area contributed by atoms with E-state index in [2.05, 4.69) is 15.3 Å². The van der Waals surface area contributed by atoms with Crippen molar-refractivity contribution in [1.29, 1.82) is 0 Å². The first kappa shape index (κ1) is 15.8. The maximum absolute atomic E-state index is 12.8. The number of nitrogens with zero attached hydrogens (tertiary/aromatic N) is 3. The first-order valence-electron chi connectivity index (χ1n) is 7.41. The molecule has 2 aromatic rings. The number of aryl methyl sites for hydroxylation is 1. The second-order valence-electron chi connectivity index (χ2n) is 5.33. The second kappa shape index (κ2) is 6.19. The van der Waals surface area contributed by atoms with E-state index in [0.29, 0.717) is 18.7 Å². The zero-order valence-corrected chi connectivity index (χ0v) is 12.5. The molecular weight excluding hydrogens is 309 g/mol. The van der Waals surface area contributed by atoms with Gasteiger partial charge in [-0.3, -0.25) is 4.98 Å². The van der Waals surface area contributed by atoms with Crippen LogP contribution < -0.4 is 5.32 Å². The fraction of sp³-hybridized carbons (Fsp3) is 0.467. The fourth-order valence-corrected chi connectivity index (χ4v) is 2.73. The van der Waals surface area contributed by atoms with Crippen LogP contribution in [0.15, 0.2) is 30.7 Å². The van der Waals surface area contributed by atoms with Gasteiger partial charge in [-0.25, -0.2) is 4.98 Å². The first-order valence-corrected chi connectivity index (χ1v) is 7.41. The van der Waals surface area contributed by atoms with Crippen molar-refractivity contribution in [3.63, 3.8) is 0 Å². The molecule has 1 fully saturated rings. The summed E-state index contributed by atoms with van der Waals surface area (Å²) in [5.74, 6) is 0.785. The Balaban J connectivity index is 1.79. The predicted octanol–water partition coefficient (Wildman–Crippen LogP) is 3.26. The van der Waals surface area contributed by atoms with Gasteiger partial charge in [-0.2, -0.15) is 13.2 Å². The standard InChI is InChI=1S/C15H17F3N4O/c1-2-22-7-6-20-14(22)13-11(4-8-23-13)21-10-3-5-19-12(9-10)15(16,17)18/h3,5-7,9,11,13H,2,4,8H2,1H3,(H,19,21)/t11-,13-/m0/s1. The SMILES string of the molecule is CCn1ccnc1[C@H]1OCC[C@@H]1Nc1ccnc(C(F)(F)F)c1. The molecule has 0 amide bonds. The lowest BCUT2D eigenvalue weighted by Crippen LogP contribution is -2.25. The Morgan fingerprint density at radius 2 is 2.17 bits per heavy atom. The highest BCUT2D eigenvalue weighted by Gasteiger charge is 2.35. The molecule has 0 saturated carbocycles. The van der Waals surface area contributed by atoms with Crippen molar-refractivity contribution in [3.8, 4) is 0 Å². The highest BCUT2D eigenvalue weighted by Crippen LogP contribution is 2.33. The molecule has 0 aromatic carbocycles. The number of nitrogens with one attached hydrogen (secondary N) is 1. The number of ether oxygens (including phenoxy) is 1. The maximum Gasteiger partial charge on any atom is 0.433 e. The lowest BCUT2D eigenvalue weighted by Gasteiger charge is -2.21. The summed E-state index contributed by atoms with van der Waals surface area (Å²) < 4.78 is 46.0. The van der Waals surface area contributed by atoms with E-state index >= 15 is 0 Å². The highest BCUT2D eigenvalue weighted by atomic mass is 19.4. The van der Waals surface area contributed by atoms with E-state index in [1.807, 2.05) is 17.7 Å². The van der Waals surface area contributed by atoms with Gasteiger partial charge < -0.3 is 14.6 Å². The highest BCUT2D eigenvalue weighted by molar-refractivity contribution is 5.45. The number of alkyl halides is 3. The fourth-order valence-electron chi connectivity index (χ4n) is 2.73. The average Bonchev–Trinajstić information content (AvgIpc) is 3.14. The Morgan fingerprint density at radius 3 is 2.91 bits per heavy atom. The van der Waals surface area contributed by atoms with Crippen LogP contribution in [0.2, 0.25) is 0 Å². The third-order valence-electron chi connectivity index (χ3n) is 3.84. The molecule has 1 aliphatic heterocycles. The normalized spacial score (nSPS) is 21.6. The van der Waals surface area contributed by atoms with Gasteiger partial charge in [0.15, 0.2) is 0 Å². The van der Waals surface area contributed by atoms with Gasteiger partial charge >= 0.3 is 6.18 Å². The third kappa shape index (κ3) is 3.31. The Bertz CT molecular complexity index is 671. The van der Waals surface area contributed by atoms with Gasteiger partial charge in [0.1, 0.15) is 17.6 Å². The summed E-state index contributed by atoms with van der Waals surface area (Å²) in [6, 6.07) is 2.41. The van der Waals surface area contributed by atoms with Crippen molar-refractivity contribution in [2.45, 2.75) is 38.2 Å². The number of aromatic nitrogens is 3. The monoisotopic (exact) mass is 326 g/mol. The molecule has 1 saturated heterocycles. The molecule has 1 N–H and O–H groups in total. The van der Waals surface area contributed by atoms with Gasteiger partial charge in [-0.15, -0.1) is 0 Å². The van der Waals surface area contributed by atoms with Crippen molar-refractivity contribution in [1.82, 2.24) is 14.5 Å². The minimum Gasteiger partial charge on any atom is -0.379 e. The number of halogens is 3. The lowest BCUT2D eigenvalue weighted by atomic mass is 10.1. The van der Waals surface area contributed by atoms with Crippen molar-refractivity contribution in [2.24, 2.45) is 0 Å². The van der Waals surface area contributed by atoms with Crippen LogP contribution in [0.25, 0.3) is 0 Å². The number of pyridine rings is 1. The van der Waals surface area contributed by atoms with E-state index in [0.717, 1.165) is 24.6 Å². The number of anilines is 1. The molecule has 0 aliphatic carbocycles. The van der Waals surface area contributed by atoms with Crippen LogP contribution >= 0.6 is 0 Å². The van der Waals surface area contributed by atoms with Crippen LogP contribution in [-0.2, 0) is 17.5 Å². The van der Waals surface area contributed by atoms with Gasteiger partial charge in [0, 0.05) is 37.4 Å². The Kier molecular flexibility index (Phi) is 4.25. The van der Waals surface area contributed by atoms with E-state index in [1.165, 1.54) is 6.07 Å². The van der Waals surface area contributed by atoms with Gasteiger partial charge in [-0.05, 0) is 25.5 Å². The first-order chi connectivity index (χ1) is 11.0. The van der Waals surface area contributed by atoms with Crippen LogP contribution in [-0.4, -0.2) is 27.2 Å². The zero-order valence-electron chi connectivity index (χ0n) is 12.5. The molecule has 124 valence electrons. The minimum absolute atomic E-state index is 0.133. The minimum atomic E-state index is -4.46. The number of imidazole rings is 1. The Morgan fingerprint density at radius 1 is 1.35 bits per heavy atom. The molecule has 5 nitrogen and oxygen atoms in total. The van der Waals surface area contributed by atoms with Gasteiger partial charge in [-0.1, -0.05) is 0 Å². The van der Waals surface area contributed by atoms with Crippen LogP contribution in [0.1, 0.15) is 31.0 Å². The zero-order chi connectivity index (χ0) is 16.4. The molecule has 0 spiro atoms. The quantitative estimate of drug-likeness (QED) is 0.937. The molecule has 0 bridgehead atoms. The molecule has 2 atom stereocenters. The number of hydrogen-bond acceptors (Lipinski definition) is 4. The summed E-state index contributed by atoms with van der Waals surface area (Å²) >= 11 is 0. The molecule has 1 aliphatic rings. The predicted molar refractivity (Wildman–Crippen MR) is 77.9 cm³/mol. The molecule has 8 heteroatoms. The summed E-state index contributed by atoms with van der Waals surface area (Å²) in [4.78, 5) is 7.69. The van der Waals surface area contributed by atoms with Crippen molar-refractivity contribution in [3.05, 3.63) is 42.2 Å². The summed E-state index contributed by atoms with van der Waals surface area (Å²) in [5.41, 5.74) is -0.532. The Labute approximate surface area is 131 Å². The molecule has 0 unspecified atom stereocenters. The molecule has 0 radical (unpaired) electrons. The van der Waals surface area contributed by atoms with Crippen molar-refractivity contribution < 1.29 is 17.9 Å². The summed E-state index contributed by atoms with van der Waals surface area (Å²) in [6.45, 7) is 3.30. The average molecular weight is 326 g/mol. The van der Waals surface area contributed by atoms with Crippen LogP contribution in [0, 0.1) is 0 Å². The molecule has 2 aromatic heterocycles. The van der Waals surface area contributed by atoms with E-state index in [4.69, 9.17) is 4.74 Å². The number of rotatable bonds is 4. The van der Waals surface area contributed by atoms with E-state index in [9.17, 15) is 13.2 Å². The second-order valence-corrected chi connectivity index (χ2v) is 5.33. The van der Waals surface area contributed by atoms with Gasteiger partial charge in [0.05, 0.1) is 6.04 Å². The van der Waals surface area contributed by atoms with Crippen LogP contribution in [0.5, 0.6) is 0 Å². The molecule has 23 heavy (non-hydrogen) atoms. The molecule has 3 heterocycles. The van der Waals surface area contributed by atoms with E-state index in [-0.39, 0.29) is 12.1 Å². The van der Waals surface area contributed by atoms with E-state index < -0.39 is 11.9 Å². The molecular formula is C15H17F3N4O. The summed E-state index contributed by atoms with van der Waals surface area (Å²) in [7, 11) is 0. The Hall–Kier alpha value is -2.09. The van der Waals surface area contributed by atoms with Crippen molar-refractivity contribution in [2.75, 3.05) is 11.9 Å².